The second-order valence-corrected chi connectivity index (χ2v) is 4.40. The summed E-state index contributed by atoms with van der Waals surface area (Å²) in [5.74, 6) is 0.864. The Morgan fingerprint density at radius 2 is 2.17 bits per heavy atom. The summed E-state index contributed by atoms with van der Waals surface area (Å²) in [6.07, 6.45) is 9.18. The Morgan fingerprint density at radius 3 is 2.83 bits per heavy atom. The minimum absolute atomic E-state index is 0.128. The zero-order valence-corrected chi connectivity index (χ0v) is 10.4. The Hall–Kier alpha value is -1.82. The number of nitrogens with zero attached hydrogens (tertiary/aromatic N) is 2. The number of rotatable bonds is 3. The number of dihydropyridines is 1. The number of hydrogen-bond donors (Lipinski definition) is 4. The Kier molecular flexibility index (Phi) is 4.35. The predicted molar refractivity (Wildman–Crippen MR) is 74.1 cm³/mol. The van der Waals surface area contributed by atoms with Crippen molar-refractivity contribution < 1.29 is 0 Å². The second kappa shape index (κ2) is 6.20. The van der Waals surface area contributed by atoms with Crippen LogP contribution in [0.2, 0.25) is 0 Å². The molecule has 1 atom stereocenters. The quantitative estimate of drug-likeness (QED) is 0.316. The predicted octanol–water partition coefficient (Wildman–Crippen LogP) is -0.199. The zero-order chi connectivity index (χ0) is 12.8. The van der Waals surface area contributed by atoms with Crippen LogP contribution in [0.5, 0.6) is 0 Å². The van der Waals surface area contributed by atoms with Gasteiger partial charge in [0, 0.05) is 6.54 Å². The molecule has 98 valence electrons. The van der Waals surface area contributed by atoms with Crippen molar-refractivity contribution >= 4 is 11.7 Å². The highest BCUT2D eigenvalue weighted by Crippen LogP contribution is 2.07. The van der Waals surface area contributed by atoms with E-state index in [0.29, 0.717) is 11.7 Å². The number of amidine groups is 2. The van der Waals surface area contributed by atoms with Crippen LogP contribution in [0.1, 0.15) is 19.3 Å². The SMILES string of the molecule is NC(=NN=C(N)C1CCCCN1)C1=CC=CCN1. The van der Waals surface area contributed by atoms with Gasteiger partial charge in [0.25, 0.3) is 0 Å². The summed E-state index contributed by atoms with van der Waals surface area (Å²) in [6.45, 7) is 1.74. The lowest BCUT2D eigenvalue weighted by Gasteiger charge is -2.22. The van der Waals surface area contributed by atoms with E-state index in [1.54, 1.807) is 0 Å². The lowest BCUT2D eigenvalue weighted by Crippen LogP contribution is -2.44. The summed E-state index contributed by atoms with van der Waals surface area (Å²) in [7, 11) is 0. The van der Waals surface area contributed by atoms with Crippen molar-refractivity contribution in [1.29, 1.82) is 0 Å². The molecule has 0 aromatic heterocycles. The molecular weight excluding hydrogens is 228 g/mol. The standard InChI is InChI=1S/C12H20N6/c13-11(9-5-1-3-7-15-9)17-18-12(14)10-6-2-4-8-16-10/h1,3,5,10,15-16H,2,4,6-8H2,(H2,13,17)(H2,14,18). The maximum atomic E-state index is 5.90. The van der Waals surface area contributed by atoms with Gasteiger partial charge >= 0.3 is 0 Å². The van der Waals surface area contributed by atoms with Crippen LogP contribution in [0, 0.1) is 0 Å². The zero-order valence-electron chi connectivity index (χ0n) is 10.4. The molecule has 0 aromatic rings. The first-order chi connectivity index (χ1) is 8.77. The van der Waals surface area contributed by atoms with E-state index in [4.69, 9.17) is 11.5 Å². The van der Waals surface area contributed by atoms with Gasteiger partial charge in [-0.2, -0.15) is 0 Å². The molecule has 2 aliphatic rings. The molecule has 6 heteroatoms. The van der Waals surface area contributed by atoms with E-state index in [2.05, 4.69) is 20.8 Å². The third-order valence-electron chi connectivity index (χ3n) is 3.03. The molecule has 0 saturated carbocycles. The number of nitrogens with one attached hydrogen (secondary N) is 2. The van der Waals surface area contributed by atoms with Crippen LogP contribution in [0.4, 0.5) is 0 Å². The van der Waals surface area contributed by atoms with E-state index in [9.17, 15) is 0 Å². The van der Waals surface area contributed by atoms with Crippen LogP contribution in [0.25, 0.3) is 0 Å². The Labute approximate surface area is 107 Å². The Bertz CT molecular complexity index is 401. The molecule has 1 fully saturated rings. The molecule has 0 aliphatic carbocycles. The lowest BCUT2D eigenvalue weighted by atomic mass is 10.0. The molecule has 1 saturated heterocycles. The molecule has 18 heavy (non-hydrogen) atoms. The van der Waals surface area contributed by atoms with Crippen molar-refractivity contribution in [2.45, 2.75) is 25.3 Å². The van der Waals surface area contributed by atoms with Gasteiger partial charge in [0.2, 0.25) is 0 Å². The molecular formula is C12H20N6. The van der Waals surface area contributed by atoms with Crippen LogP contribution in [-0.2, 0) is 0 Å². The van der Waals surface area contributed by atoms with Gasteiger partial charge in [0.05, 0.1) is 11.7 Å². The molecule has 0 radical (unpaired) electrons. The van der Waals surface area contributed by atoms with Gasteiger partial charge in [0.15, 0.2) is 5.84 Å². The third kappa shape index (κ3) is 3.33. The molecule has 1 unspecified atom stereocenters. The van der Waals surface area contributed by atoms with Crippen molar-refractivity contribution in [3.05, 3.63) is 23.9 Å². The highest BCUT2D eigenvalue weighted by Gasteiger charge is 2.16. The van der Waals surface area contributed by atoms with E-state index in [1.165, 1.54) is 12.8 Å². The summed E-state index contributed by atoms with van der Waals surface area (Å²) in [4.78, 5) is 0. The number of hydrogen-bond acceptors (Lipinski definition) is 4. The van der Waals surface area contributed by atoms with Crippen molar-refractivity contribution in [2.75, 3.05) is 13.1 Å². The first kappa shape index (κ1) is 12.6. The number of allylic oxidation sites excluding steroid dienone is 2. The van der Waals surface area contributed by atoms with E-state index >= 15 is 0 Å². The van der Waals surface area contributed by atoms with Crippen molar-refractivity contribution in [3.63, 3.8) is 0 Å². The van der Waals surface area contributed by atoms with Gasteiger partial charge in [-0.05, 0) is 25.5 Å². The summed E-state index contributed by atoms with van der Waals surface area (Å²) >= 11 is 0. The smallest absolute Gasteiger partial charge is 0.169 e. The van der Waals surface area contributed by atoms with Crippen LogP contribution < -0.4 is 22.1 Å². The fourth-order valence-corrected chi connectivity index (χ4v) is 1.98. The molecule has 2 heterocycles. The number of nitrogens with two attached hydrogens (primary N) is 2. The fourth-order valence-electron chi connectivity index (χ4n) is 1.98. The minimum Gasteiger partial charge on any atom is -0.384 e. The monoisotopic (exact) mass is 248 g/mol. The fraction of sp³-hybridized carbons (Fsp3) is 0.500. The lowest BCUT2D eigenvalue weighted by molar-refractivity contribution is 0.469. The summed E-state index contributed by atoms with van der Waals surface area (Å²) < 4.78 is 0. The summed E-state index contributed by atoms with van der Waals surface area (Å²) in [6, 6.07) is 0.128. The summed E-state index contributed by atoms with van der Waals surface area (Å²) in [5.41, 5.74) is 12.5. The first-order valence-electron chi connectivity index (χ1n) is 6.28. The van der Waals surface area contributed by atoms with Gasteiger partial charge in [0.1, 0.15) is 5.84 Å². The van der Waals surface area contributed by atoms with Crippen LogP contribution >= 0.6 is 0 Å². The van der Waals surface area contributed by atoms with Gasteiger partial charge < -0.3 is 22.1 Å². The van der Waals surface area contributed by atoms with Gasteiger partial charge in [-0.3, -0.25) is 0 Å². The van der Waals surface area contributed by atoms with Crippen molar-refractivity contribution in [3.8, 4) is 0 Å². The average Bonchev–Trinajstić information content (AvgIpc) is 2.46. The summed E-state index contributed by atoms with van der Waals surface area (Å²) in [5, 5.41) is 14.4. The highest BCUT2D eigenvalue weighted by molar-refractivity contribution is 5.97. The van der Waals surface area contributed by atoms with Crippen LogP contribution in [0.15, 0.2) is 34.1 Å². The number of piperidine rings is 1. The normalized spacial score (nSPS) is 25.6. The van der Waals surface area contributed by atoms with Gasteiger partial charge in [-0.1, -0.05) is 18.6 Å². The van der Waals surface area contributed by atoms with Crippen LogP contribution in [0.3, 0.4) is 0 Å². The van der Waals surface area contributed by atoms with E-state index < -0.39 is 0 Å². The largest absolute Gasteiger partial charge is 0.384 e. The molecule has 0 spiro atoms. The average molecular weight is 248 g/mol. The Morgan fingerprint density at radius 1 is 1.28 bits per heavy atom. The van der Waals surface area contributed by atoms with Gasteiger partial charge in [-0.15, -0.1) is 10.2 Å². The molecule has 2 aliphatic heterocycles. The molecule has 0 aromatic carbocycles. The second-order valence-electron chi connectivity index (χ2n) is 4.40. The third-order valence-corrected chi connectivity index (χ3v) is 3.03. The van der Waals surface area contributed by atoms with E-state index in [1.807, 2.05) is 18.2 Å². The molecule has 6 nitrogen and oxygen atoms in total. The first-order valence-corrected chi connectivity index (χ1v) is 6.28. The minimum atomic E-state index is 0.128. The van der Waals surface area contributed by atoms with Crippen LogP contribution in [-0.4, -0.2) is 30.8 Å². The Balaban J connectivity index is 1.98. The maximum absolute atomic E-state index is 5.90. The molecule has 0 bridgehead atoms. The molecule has 6 N–H and O–H groups in total. The molecule has 0 amide bonds. The van der Waals surface area contributed by atoms with E-state index in [0.717, 1.165) is 25.2 Å². The van der Waals surface area contributed by atoms with Crippen molar-refractivity contribution in [2.24, 2.45) is 21.7 Å². The van der Waals surface area contributed by atoms with E-state index in [-0.39, 0.29) is 6.04 Å². The topological polar surface area (TPSA) is 101 Å². The van der Waals surface area contributed by atoms with Gasteiger partial charge in [-0.25, -0.2) is 0 Å². The highest BCUT2D eigenvalue weighted by atomic mass is 15.3. The molecule has 2 rings (SSSR count). The maximum Gasteiger partial charge on any atom is 0.169 e. The van der Waals surface area contributed by atoms with Crippen molar-refractivity contribution in [1.82, 2.24) is 10.6 Å².